The molecule has 3 aromatic rings. The second-order valence-electron chi connectivity index (χ2n) is 8.36. The van der Waals surface area contributed by atoms with E-state index in [4.69, 9.17) is 19.8 Å². The molecule has 0 atom stereocenters. The zero-order chi connectivity index (χ0) is 25.5. The lowest BCUT2D eigenvalue weighted by Gasteiger charge is -2.32. The average molecular weight is 481 g/mol. The van der Waals surface area contributed by atoms with Crippen LogP contribution in [0.2, 0.25) is 0 Å². The lowest BCUT2D eigenvalue weighted by Crippen LogP contribution is -2.39. The van der Waals surface area contributed by atoms with Gasteiger partial charge in [0.15, 0.2) is 0 Å². The molecule has 3 N–H and O–H groups in total. The third kappa shape index (κ3) is 6.66. The fraction of sp³-hybridized carbons (Fsp3) is 0.320. The van der Waals surface area contributed by atoms with Gasteiger partial charge in [0, 0.05) is 37.8 Å². The molecule has 2 aromatic carbocycles. The minimum Gasteiger partial charge on any atom is -0.473 e. The van der Waals surface area contributed by atoms with Gasteiger partial charge in [0.1, 0.15) is 5.82 Å². The Morgan fingerprint density at radius 2 is 1.57 bits per heavy atom. The quantitative estimate of drug-likeness (QED) is 0.487. The van der Waals surface area contributed by atoms with E-state index in [1.807, 2.05) is 11.0 Å². The number of carbonyl (C=O) groups is 4. The number of nitrogens with one attached hydrogen (secondary N) is 1. The van der Waals surface area contributed by atoms with Crippen molar-refractivity contribution in [1.29, 1.82) is 0 Å². The van der Waals surface area contributed by atoms with Gasteiger partial charge in [-0.2, -0.15) is 0 Å². The summed E-state index contributed by atoms with van der Waals surface area (Å²) in [6.45, 7) is 6.01. The standard InChI is InChI=1S/C23H26N4O2.C2H2O4/c1-16-24-21-5-3-4-6-22(21)27(16)15-18-11-13-26(14-12-18)23(29)19-7-9-20(10-8-19)25-17(2)28;3-1(4)2(5)6/h3-10,18H,11-15H2,1-2H3,(H,25,28);(H,3,4)(H,5,6). The van der Waals surface area contributed by atoms with Crippen LogP contribution in [0.15, 0.2) is 48.5 Å². The number of amides is 2. The predicted octanol–water partition coefficient (Wildman–Crippen LogP) is 3.01. The molecule has 0 radical (unpaired) electrons. The van der Waals surface area contributed by atoms with E-state index in [2.05, 4.69) is 40.0 Å². The molecule has 35 heavy (non-hydrogen) atoms. The molecule has 0 spiro atoms. The van der Waals surface area contributed by atoms with Gasteiger partial charge in [-0.05, 0) is 62.1 Å². The topological polar surface area (TPSA) is 142 Å². The molecule has 2 amide bonds. The third-order valence-corrected chi connectivity index (χ3v) is 5.82. The summed E-state index contributed by atoms with van der Waals surface area (Å²) in [6.07, 6.45) is 1.98. The number of anilines is 1. The number of imidazole rings is 1. The number of carboxylic acids is 2. The van der Waals surface area contributed by atoms with Crippen molar-refractivity contribution in [2.45, 2.75) is 33.2 Å². The normalized spacial score (nSPS) is 13.6. The second-order valence-corrected chi connectivity index (χ2v) is 8.36. The number of aromatic nitrogens is 2. The van der Waals surface area contributed by atoms with Crippen LogP contribution in [0.25, 0.3) is 11.0 Å². The van der Waals surface area contributed by atoms with E-state index in [0.29, 0.717) is 17.2 Å². The number of benzene rings is 2. The van der Waals surface area contributed by atoms with Crippen molar-refractivity contribution in [2.24, 2.45) is 5.92 Å². The number of nitrogens with zero attached hydrogens (tertiary/aromatic N) is 3. The number of carboxylic acid groups (broad SMARTS) is 2. The molecule has 1 aliphatic heterocycles. The van der Waals surface area contributed by atoms with E-state index >= 15 is 0 Å². The smallest absolute Gasteiger partial charge is 0.414 e. The van der Waals surface area contributed by atoms with Crippen molar-refractivity contribution >= 4 is 40.5 Å². The van der Waals surface area contributed by atoms with Gasteiger partial charge >= 0.3 is 11.9 Å². The molecule has 184 valence electrons. The minimum atomic E-state index is -1.82. The molecule has 1 saturated heterocycles. The maximum absolute atomic E-state index is 12.8. The molecule has 4 rings (SSSR count). The number of fused-ring (bicyclic) bond motifs is 1. The summed E-state index contributed by atoms with van der Waals surface area (Å²) in [5, 5.41) is 17.5. The highest BCUT2D eigenvalue weighted by molar-refractivity contribution is 6.27. The first kappa shape index (κ1) is 25.4. The number of aryl methyl sites for hydroxylation is 1. The molecule has 0 saturated carbocycles. The van der Waals surface area contributed by atoms with E-state index in [1.54, 1.807) is 24.3 Å². The molecule has 10 nitrogen and oxygen atoms in total. The number of carbonyl (C=O) groups excluding carboxylic acids is 2. The number of piperidine rings is 1. The lowest BCUT2D eigenvalue weighted by atomic mass is 9.96. The predicted molar refractivity (Wildman–Crippen MR) is 129 cm³/mol. The first-order valence-electron chi connectivity index (χ1n) is 11.2. The highest BCUT2D eigenvalue weighted by Gasteiger charge is 2.24. The Labute approximate surface area is 202 Å². The highest BCUT2D eigenvalue weighted by Crippen LogP contribution is 2.24. The van der Waals surface area contributed by atoms with Gasteiger partial charge in [-0.25, -0.2) is 14.6 Å². The molecule has 1 aromatic heterocycles. The van der Waals surface area contributed by atoms with Crippen molar-refractivity contribution < 1.29 is 29.4 Å². The molecular formula is C25H28N4O6. The largest absolute Gasteiger partial charge is 0.473 e. The summed E-state index contributed by atoms with van der Waals surface area (Å²) in [7, 11) is 0. The molecule has 0 bridgehead atoms. The Kier molecular flexibility index (Phi) is 8.19. The Bertz CT molecular complexity index is 1210. The Morgan fingerprint density at radius 3 is 2.14 bits per heavy atom. The van der Waals surface area contributed by atoms with Crippen molar-refractivity contribution in [2.75, 3.05) is 18.4 Å². The number of rotatable bonds is 4. The second kappa shape index (κ2) is 11.3. The van der Waals surface area contributed by atoms with Crippen LogP contribution in [0.5, 0.6) is 0 Å². The number of hydrogen-bond donors (Lipinski definition) is 3. The minimum absolute atomic E-state index is 0.0575. The van der Waals surface area contributed by atoms with Crippen LogP contribution in [0.1, 0.15) is 35.9 Å². The summed E-state index contributed by atoms with van der Waals surface area (Å²) in [4.78, 5) is 48.7. The first-order chi connectivity index (χ1) is 16.7. The van der Waals surface area contributed by atoms with Crippen LogP contribution < -0.4 is 5.32 Å². The fourth-order valence-corrected chi connectivity index (χ4v) is 4.09. The van der Waals surface area contributed by atoms with E-state index < -0.39 is 11.9 Å². The lowest BCUT2D eigenvalue weighted by molar-refractivity contribution is -0.159. The Hall–Kier alpha value is -4.21. The van der Waals surface area contributed by atoms with Gasteiger partial charge in [-0.15, -0.1) is 0 Å². The third-order valence-electron chi connectivity index (χ3n) is 5.82. The zero-order valence-electron chi connectivity index (χ0n) is 19.6. The van der Waals surface area contributed by atoms with Crippen LogP contribution in [-0.4, -0.2) is 61.5 Å². The maximum Gasteiger partial charge on any atom is 0.414 e. The molecule has 2 heterocycles. The highest BCUT2D eigenvalue weighted by atomic mass is 16.4. The van der Waals surface area contributed by atoms with E-state index in [9.17, 15) is 9.59 Å². The van der Waals surface area contributed by atoms with E-state index in [0.717, 1.165) is 43.8 Å². The van der Waals surface area contributed by atoms with Crippen LogP contribution in [0.3, 0.4) is 0 Å². The van der Waals surface area contributed by atoms with Crippen molar-refractivity contribution in [1.82, 2.24) is 14.5 Å². The van der Waals surface area contributed by atoms with Gasteiger partial charge in [0.05, 0.1) is 11.0 Å². The monoisotopic (exact) mass is 480 g/mol. The van der Waals surface area contributed by atoms with Gasteiger partial charge in [-0.3, -0.25) is 9.59 Å². The molecule has 10 heteroatoms. The first-order valence-corrected chi connectivity index (χ1v) is 11.2. The summed E-state index contributed by atoms with van der Waals surface area (Å²) in [5.74, 6) is -2.12. The molecule has 0 aliphatic carbocycles. The number of aliphatic carboxylic acids is 2. The van der Waals surface area contributed by atoms with Crippen molar-refractivity contribution in [3.05, 3.63) is 59.9 Å². The van der Waals surface area contributed by atoms with Crippen molar-refractivity contribution in [3.63, 3.8) is 0 Å². The number of para-hydroxylation sites is 2. The van der Waals surface area contributed by atoms with E-state index in [-0.39, 0.29) is 11.8 Å². The van der Waals surface area contributed by atoms with Crippen LogP contribution in [0.4, 0.5) is 5.69 Å². The SMILES string of the molecule is CC(=O)Nc1ccc(C(=O)N2CCC(Cn3c(C)nc4ccccc43)CC2)cc1.O=C(O)C(=O)O. The maximum atomic E-state index is 12.8. The number of likely N-dealkylation sites (tertiary alicyclic amines) is 1. The number of hydrogen-bond acceptors (Lipinski definition) is 5. The van der Waals surface area contributed by atoms with E-state index in [1.165, 1.54) is 12.4 Å². The van der Waals surface area contributed by atoms with Crippen molar-refractivity contribution in [3.8, 4) is 0 Å². The average Bonchev–Trinajstić information content (AvgIpc) is 3.14. The van der Waals surface area contributed by atoms with Gasteiger partial charge < -0.3 is 25.0 Å². The summed E-state index contributed by atoms with van der Waals surface area (Å²) >= 11 is 0. The van der Waals surface area contributed by atoms with Crippen LogP contribution >= 0.6 is 0 Å². The fourth-order valence-electron chi connectivity index (χ4n) is 4.09. The van der Waals surface area contributed by atoms with Crippen LogP contribution in [0, 0.1) is 12.8 Å². The zero-order valence-corrected chi connectivity index (χ0v) is 19.6. The molecule has 1 fully saturated rings. The summed E-state index contributed by atoms with van der Waals surface area (Å²) in [6, 6.07) is 15.4. The Balaban J connectivity index is 0.000000509. The van der Waals surface area contributed by atoms with Crippen LogP contribution in [-0.2, 0) is 20.9 Å². The molecule has 1 aliphatic rings. The molecular weight excluding hydrogens is 452 g/mol. The summed E-state index contributed by atoms with van der Waals surface area (Å²) in [5.41, 5.74) is 3.59. The molecule has 0 unspecified atom stereocenters. The van der Waals surface area contributed by atoms with Gasteiger partial charge in [-0.1, -0.05) is 12.1 Å². The van der Waals surface area contributed by atoms with Gasteiger partial charge in [0.2, 0.25) is 5.91 Å². The summed E-state index contributed by atoms with van der Waals surface area (Å²) < 4.78 is 2.30. The van der Waals surface area contributed by atoms with Gasteiger partial charge in [0.25, 0.3) is 5.91 Å². The Morgan fingerprint density at radius 1 is 0.971 bits per heavy atom.